The number of hydrogen-bond donors (Lipinski definition) is 4. The largest absolute Gasteiger partial charge is 0.508 e. The van der Waals surface area contributed by atoms with Crippen molar-refractivity contribution in [2.45, 2.75) is 19.4 Å². The molecule has 1 atom stereocenters. The van der Waals surface area contributed by atoms with Gasteiger partial charge in [-0.3, -0.25) is 9.59 Å². The summed E-state index contributed by atoms with van der Waals surface area (Å²) in [5.74, 6) is -1.71. The smallest absolute Gasteiger partial charge is 0.335 e. The summed E-state index contributed by atoms with van der Waals surface area (Å²) in [4.78, 5) is 34.7. The van der Waals surface area contributed by atoms with E-state index < -0.39 is 17.9 Å². The van der Waals surface area contributed by atoms with Crippen molar-refractivity contribution in [2.24, 2.45) is 0 Å². The Morgan fingerprint density at radius 2 is 1.52 bits per heavy atom. The Labute approximate surface area is 155 Å². The van der Waals surface area contributed by atoms with E-state index in [2.05, 4.69) is 10.6 Å². The zero-order valence-corrected chi connectivity index (χ0v) is 14.5. The molecule has 0 fully saturated rings. The molecule has 2 aromatic carbocycles. The second-order valence-electron chi connectivity index (χ2n) is 5.50. The van der Waals surface area contributed by atoms with Crippen molar-refractivity contribution in [1.82, 2.24) is 5.32 Å². The first-order chi connectivity index (χ1) is 11.8. The highest BCUT2D eigenvalue weighted by molar-refractivity contribution is 5.97. The monoisotopic (exact) mass is 378 g/mol. The molecule has 0 saturated carbocycles. The molecule has 0 aliphatic carbocycles. The predicted octanol–water partition coefficient (Wildman–Crippen LogP) is 0.127. The highest BCUT2D eigenvalue weighted by atomic mass is 16.4. The highest BCUT2D eigenvalue weighted by Crippen LogP contribution is 2.14. The number of carbonyl (C=O) groups is 3. The van der Waals surface area contributed by atoms with Crippen LogP contribution in [0.1, 0.15) is 22.8 Å². The van der Waals surface area contributed by atoms with Crippen molar-refractivity contribution in [3.8, 4) is 5.75 Å². The lowest BCUT2D eigenvalue weighted by molar-refractivity contribution is -0.125. The van der Waals surface area contributed by atoms with Crippen LogP contribution in [0, 0.1) is 0 Å². The van der Waals surface area contributed by atoms with Gasteiger partial charge in [0.25, 0.3) is 0 Å². The fourth-order valence-corrected chi connectivity index (χ4v) is 2.25. The molecule has 2 aromatic rings. The Hall–Kier alpha value is -3.43. The summed E-state index contributed by atoms with van der Waals surface area (Å²) in [6.45, 7) is 1.32. The molecule has 2 rings (SSSR count). The average Bonchev–Trinajstić information content (AvgIpc) is 2.56. The third-order valence-corrected chi connectivity index (χ3v) is 3.47. The standard InChI is InChI=1S/C18H18N2O5.2H2O/c1-11(21)19-16(10-12-2-8-15(22)9-3-12)17(23)20-14-6-4-13(5-7-14)18(24)25;;/h2-9,16,22H,10H2,1H3,(H,19,21)(H,20,23)(H,24,25);2*1H2/t16-;;/m0../s1. The molecule has 0 saturated heterocycles. The molecule has 0 spiro atoms. The van der Waals surface area contributed by atoms with E-state index in [-0.39, 0.29) is 34.6 Å². The summed E-state index contributed by atoms with van der Waals surface area (Å²) in [6.07, 6.45) is 0.249. The number of anilines is 1. The number of carboxylic acid groups (broad SMARTS) is 1. The number of benzene rings is 2. The average molecular weight is 378 g/mol. The van der Waals surface area contributed by atoms with Gasteiger partial charge in [0.05, 0.1) is 5.56 Å². The van der Waals surface area contributed by atoms with Gasteiger partial charge in [-0.25, -0.2) is 4.79 Å². The topological polar surface area (TPSA) is 179 Å². The molecule has 0 aliphatic rings. The number of carbonyl (C=O) groups excluding carboxylic acids is 2. The van der Waals surface area contributed by atoms with Crippen molar-refractivity contribution in [3.05, 3.63) is 59.7 Å². The van der Waals surface area contributed by atoms with Gasteiger partial charge in [-0.2, -0.15) is 0 Å². The molecule has 9 nitrogen and oxygen atoms in total. The Kier molecular flexibility index (Phi) is 9.20. The SMILES string of the molecule is CC(=O)N[C@@H](Cc1ccc(O)cc1)C(=O)Nc1ccc(C(=O)O)cc1.O.O. The molecule has 146 valence electrons. The number of aromatic carboxylic acids is 1. The van der Waals surface area contributed by atoms with E-state index in [9.17, 15) is 19.5 Å². The molecule has 9 heteroatoms. The molecule has 0 heterocycles. The van der Waals surface area contributed by atoms with Crippen LogP contribution in [-0.4, -0.2) is 45.0 Å². The van der Waals surface area contributed by atoms with Crippen LogP contribution in [0.25, 0.3) is 0 Å². The minimum absolute atomic E-state index is 0. The molecule has 8 N–H and O–H groups in total. The maximum Gasteiger partial charge on any atom is 0.335 e. The molecule has 0 radical (unpaired) electrons. The number of phenols is 1. The van der Waals surface area contributed by atoms with Crippen molar-refractivity contribution in [3.63, 3.8) is 0 Å². The molecular formula is C18H22N2O7. The molecule has 2 amide bonds. The van der Waals surface area contributed by atoms with Gasteiger partial charge in [-0.1, -0.05) is 12.1 Å². The first-order valence-electron chi connectivity index (χ1n) is 7.54. The number of hydrogen-bond acceptors (Lipinski definition) is 4. The van der Waals surface area contributed by atoms with Gasteiger partial charge >= 0.3 is 5.97 Å². The lowest BCUT2D eigenvalue weighted by Crippen LogP contribution is -2.44. The van der Waals surface area contributed by atoms with E-state index in [0.29, 0.717) is 5.69 Å². The van der Waals surface area contributed by atoms with E-state index in [1.807, 2.05) is 0 Å². The number of nitrogens with one attached hydrogen (secondary N) is 2. The van der Waals surface area contributed by atoms with E-state index in [1.165, 1.54) is 43.3 Å². The summed E-state index contributed by atoms with van der Waals surface area (Å²) >= 11 is 0. The van der Waals surface area contributed by atoms with Crippen LogP contribution in [0.5, 0.6) is 5.75 Å². The number of aromatic hydroxyl groups is 1. The Morgan fingerprint density at radius 3 is 2.00 bits per heavy atom. The number of phenolic OH excluding ortho intramolecular Hbond substituents is 1. The Bertz CT molecular complexity index is 773. The molecule has 27 heavy (non-hydrogen) atoms. The predicted molar refractivity (Wildman–Crippen MR) is 98.7 cm³/mol. The lowest BCUT2D eigenvalue weighted by Gasteiger charge is -2.18. The van der Waals surface area contributed by atoms with Crippen LogP contribution >= 0.6 is 0 Å². The Morgan fingerprint density at radius 1 is 0.963 bits per heavy atom. The zero-order valence-electron chi connectivity index (χ0n) is 14.5. The Balaban J connectivity index is 0.00000338. The van der Waals surface area contributed by atoms with Crippen LogP contribution in [0.15, 0.2) is 48.5 Å². The van der Waals surface area contributed by atoms with Gasteiger partial charge in [0.2, 0.25) is 11.8 Å². The van der Waals surface area contributed by atoms with Crippen molar-refractivity contribution < 1.29 is 35.5 Å². The normalized spacial score (nSPS) is 10.6. The molecule has 0 bridgehead atoms. The van der Waals surface area contributed by atoms with Gasteiger partial charge in [-0.15, -0.1) is 0 Å². The number of carboxylic acids is 1. The van der Waals surface area contributed by atoms with E-state index in [4.69, 9.17) is 5.11 Å². The summed E-state index contributed by atoms with van der Waals surface area (Å²) < 4.78 is 0. The van der Waals surface area contributed by atoms with E-state index >= 15 is 0 Å². The van der Waals surface area contributed by atoms with E-state index in [1.54, 1.807) is 12.1 Å². The van der Waals surface area contributed by atoms with Crippen LogP contribution < -0.4 is 10.6 Å². The quantitative estimate of drug-likeness (QED) is 0.557. The lowest BCUT2D eigenvalue weighted by atomic mass is 10.0. The third-order valence-electron chi connectivity index (χ3n) is 3.47. The van der Waals surface area contributed by atoms with Crippen molar-refractivity contribution in [1.29, 1.82) is 0 Å². The third kappa shape index (κ3) is 7.14. The summed E-state index contributed by atoms with van der Waals surface area (Å²) in [5.41, 5.74) is 1.31. The van der Waals surface area contributed by atoms with Crippen LogP contribution in [-0.2, 0) is 16.0 Å². The minimum Gasteiger partial charge on any atom is -0.508 e. The molecule has 0 aromatic heterocycles. The fraction of sp³-hybridized carbons (Fsp3) is 0.167. The first kappa shape index (κ1) is 23.6. The maximum atomic E-state index is 12.4. The number of rotatable bonds is 6. The first-order valence-corrected chi connectivity index (χ1v) is 7.54. The van der Waals surface area contributed by atoms with Crippen LogP contribution in [0.2, 0.25) is 0 Å². The van der Waals surface area contributed by atoms with Crippen molar-refractivity contribution >= 4 is 23.5 Å². The second-order valence-corrected chi connectivity index (χ2v) is 5.50. The maximum absolute atomic E-state index is 12.4. The van der Waals surface area contributed by atoms with Gasteiger partial charge in [0.15, 0.2) is 0 Å². The summed E-state index contributed by atoms with van der Waals surface area (Å²) in [5, 5.41) is 23.4. The molecular weight excluding hydrogens is 356 g/mol. The van der Waals surface area contributed by atoms with Crippen LogP contribution in [0.3, 0.4) is 0 Å². The van der Waals surface area contributed by atoms with Crippen molar-refractivity contribution in [2.75, 3.05) is 5.32 Å². The van der Waals surface area contributed by atoms with Gasteiger partial charge in [0.1, 0.15) is 11.8 Å². The zero-order chi connectivity index (χ0) is 18.4. The van der Waals surface area contributed by atoms with Gasteiger partial charge in [-0.05, 0) is 42.0 Å². The fourth-order valence-electron chi connectivity index (χ4n) is 2.25. The molecule has 0 unspecified atom stereocenters. The molecule has 0 aliphatic heterocycles. The van der Waals surface area contributed by atoms with Gasteiger partial charge in [0, 0.05) is 19.0 Å². The number of amides is 2. The van der Waals surface area contributed by atoms with Crippen LogP contribution in [0.4, 0.5) is 5.69 Å². The second kappa shape index (κ2) is 10.5. The summed E-state index contributed by atoms with van der Waals surface area (Å²) in [7, 11) is 0. The summed E-state index contributed by atoms with van der Waals surface area (Å²) in [6, 6.07) is 11.3. The van der Waals surface area contributed by atoms with E-state index in [0.717, 1.165) is 5.56 Å². The minimum atomic E-state index is -1.05. The van der Waals surface area contributed by atoms with Gasteiger partial charge < -0.3 is 31.8 Å². The highest BCUT2D eigenvalue weighted by Gasteiger charge is 2.20.